The van der Waals surface area contributed by atoms with Crippen molar-refractivity contribution in [3.8, 4) is 0 Å². The molecule has 1 aromatic carbocycles. The van der Waals surface area contributed by atoms with Crippen LogP contribution in [0.4, 0.5) is 0 Å². The van der Waals surface area contributed by atoms with E-state index in [1.807, 2.05) is 12.1 Å². The third-order valence-electron chi connectivity index (χ3n) is 3.92. The molecule has 2 heteroatoms. The fourth-order valence-electron chi connectivity index (χ4n) is 3.06. The van der Waals surface area contributed by atoms with Gasteiger partial charge in [0.25, 0.3) is 0 Å². The van der Waals surface area contributed by atoms with Crippen molar-refractivity contribution in [2.24, 2.45) is 5.41 Å². The highest BCUT2D eigenvalue weighted by atomic mass is 35.5. The molecule has 0 heterocycles. The van der Waals surface area contributed by atoms with Gasteiger partial charge >= 0.3 is 0 Å². The lowest BCUT2D eigenvalue weighted by Gasteiger charge is -2.22. The molecule has 1 saturated carbocycles. The van der Waals surface area contributed by atoms with Crippen LogP contribution in [0.2, 0.25) is 5.02 Å². The normalized spacial score (nSPS) is 24.1. The zero-order valence-corrected chi connectivity index (χ0v) is 12.4. The zero-order chi connectivity index (χ0) is 13.2. The molecule has 0 amide bonds. The van der Waals surface area contributed by atoms with E-state index in [0.29, 0.717) is 17.5 Å². The van der Waals surface area contributed by atoms with Gasteiger partial charge in [0.2, 0.25) is 0 Å². The molecule has 0 aliphatic heterocycles. The molecule has 0 radical (unpaired) electrons. The number of benzene rings is 1. The van der Waals surface area contributed by atoms with Gasteiger partial charge in [0.15, 0.2) is 0 Å². The van der Waals surface area contributed by atoms with E-state index in [9.17, 15) is 0 Å². The van der Waals surface area contributed by atoms with Crippen molar-refractivity contribution < 1.29 is 0 Å². The van der Waals surface area contributed by atoms with Crippen molar-refractivity contribution in [1.82, 2.24) is 5.32 Å². The van der Waals surface area contributed by atoms with E-state index in [1.165, 1.54) is 24.8 Å². The van der Waals surface area contributed by atoms with Gasteiger partial charge in [0.05, 0.1) is 0 Å². The van der Waals surface area contributed by atoms with Gasteiger partial charge in [0, 0.05) is 17.1 Å². The van der Waals surface area contributed by atoms with Gasteiger partial charge in [-0.2, -0.15) is 0 Å². The highest BCUT2D eigenvalue weighted by molar-refractivity contribution is 6.30. The molecule has 2 unspecified atom stereocenters. The average molecular weight is 266 g/mol. The summed E-state index contributed by atoms with van der Waals surface area (Å²) in [6.07, 6.45) is 5.01. The molecule has 0 aromatic heterocycles. The molecule has 1 aromatic rings. The first kappa shape index (κ1) is 13.9. The fraction of sp³-hybridized carbons (Fsp3) is 0.625. The molecule has 0 bridgehead atoms. The molecule has 0 saturated heterocycles. The lowest BCUT2D eigenvalue weighted by Crippen LogP contribution is -2.36. The SMILES string of the molecule is CC(Cc1cccc(Cl)c1)NC1CCC(C)(C)C1. The third-order valence-corrected chi connectivity index (χ3v) is 4.15. The molecule has 18 heavy (non-hydrogen) atoms. The average Bonchev–Trinajstić information content (AvgIpc) is 2.57. The number of halogens is 1. The largest absolute Gasteiger partial charge is 0.311 e. The molecule has 1 N–H and O–H groups in total. The second-order valence-electron chi connectivity index (χ2n) is 6.51. The summed E-state index contributed by atoms with van der Waals surface area (Å²) < 4.78 is 0. The van der Waals surface area contributed by atoms with Crippen molar-refractivity contribution in [2.45, 2.75) is 58.5 Å². The van der Waals surface area contributed by atoms with E-state index in [4.69, 9.17) is 11.6 Å². The summed E-state index contributed by atoms with van der Waals surface area (Å²) in [5.74, 6) is 0. The van der Waals surface area contributed by atoms with Crippen LogP contribution < -0.4 is 5.32 Å². The minimum Gasteiger partial charge on any atom is -0.311 e. The molecule has 1 nitrogen and oxygen atoms in total. The van der Waals surface area contributed by atoms with Crippen LogP contribution in [0.15, 0.2) is 24.3 Å². The molecule has 2 rings (SSSR count). The van der Waals surface area contributed by atoms with E-state index in [-0.39, 0.29) is 0 Å². The van der Waals surface area contributed by atoms with Gasteiger partial charge < -0.3 is 5.32 Å². The number of hydrogen-bond donors (Lipinski definition) is 1. The Kier molecular flexibility index (Phi) is 4.34. The molecular weight excluding hydrogens is 242 g/mol. The Balaban J connectivity index is 1.84. The minimum absolute atomic E-state index is 0.516. The number of rotatable bonds is 4. The molecule has 1 fully saturated rings. The van der Waals surface area contributed by atoms with E-state index >= 15 is 0 Å². The summed E-state index contributed by atoms with van der Waals surface area (Å²) >= 11 is 6.02. The second kappa shape index (κ2) is 5.63. The first-order valence-corrected chi connectivity index (χ1v) is 7.33. The molecular formula is C16H24ClN. The van der Waals surface area contributed by atoms with Gasteiger partial charge in [0.1, 0.15) is 0 Å². The minimum atomic E-state index is 0.516. The standard InChI is InChI=1S/C16H24ClN/c1-12(9-13-5-4-6-14(17)10-13)18-15-7-8-16(2,3)11-15/h4-6,10,12,15,18H,7-9,11H2,1-3H3. The van der Waals surface area contributed by atoms with Crippen LogP contribution in [-0.4, -0.2) is 12.1 Å². The Bertz CT molecular complexity index is 400. The maximum atomic E-state index is 6.02. The van der Waals surface area contributed by atoms with E-state index in [2.05, 4.69) is 38.2 Å². The maximum absolute atomic E-state index is 6.02. The van der Waals surface area contributed by atoms with Gasteiger partial charge in [-0.25, -0.2) is 0 Å². The summed E-state index contributed by atoms with van der Waals surface area (Å²) in [5, 5.41) is 4.59. The highest BCUT2D eigenvalue weighted by Crippen LogP contribution is 2.37. The summed E-state index contributed by atoms with van der Waals surface area (Å²) in [6.45, 7) is 7.01. The quantitative estimate of drug-likeness (QED) is 0.849. The fourth-order valence-corrected chi connectivity index (χ4v) is 3.27. The van der Waals surface area contributed by atoms with Crippen LogP contribution in [0.25, 0.3) is 0 Å². The highest BCUT2D eigenvalue weighted by Gasteiger charge is 2.31. The molecule has 1 aliphatic carbocycles. The van der Waals surface area contributed by atoms with Crippen molar-refractivity contribution in [1.29, 1.82) is 0 Å². The molecule has 0 spiro atoms. The predicted octanol–water partition coefficient (Wildman–Crippen LogP) is 4.44. The van der Waals surface area contributed by atoms with Gasteiger partial charge in [-0.05, 0) is 55.7 Å². The lowest BCUT2D eigenvalue weighted by molar-refractivity contribution is 0.354. The Labute approximate surface area is 116 Å². The van der Waals surface area contributed by atoms with E-state index in [0.717, 1.165) is 11.4 Å². The van der Waals surface area contributed by atoms with Crippen LogP contribution in [-0.2, 0) is 6.42 Å². The second-order valence-corrected chi connectivity index (χ2v) is 6.94. The third kappa shape index (κ3) is 4.00. The molecule has 100 valence electrons. The lowest BCUT2D eigenvalue weighted by atomic mass is 9.91. The van der Waals surface area contributed by atoms with Crippen molar-refractivity contribution >= 4 is 11.6 Å². The van der Waals surface area contributed by atoms with E-state index in [1.54, 1.807) is 0 Å². The van der Waals surface area contributed by atoms with Crippen LogP contribution in [0, 0.1) is 5.41 Å². The smallest absolute Gasteiger partial charge is 0.0408 e. The Morgan fingerprint density at radius 2 is 2.22 bits per heavy atom. The molecule has 2 atom stereocenters. The van der Waals surface area contributed by atoms with Crippen LogP contribution in [0.1, 0.15) is 45.6 Å². The number of nitrogens with one attached hydrogen (secondary N) is 1. The first-order chi connectivity index (χ1) is 8.44. The topological polar surface area (TPSA) is 12.0 Å². The zero-order valence-electron chi connectivity index (χ0n) is 11.7. The Hall–Kier alpha value is -0.530. The van der Waals surface area contributed by atoms with E-state index < -0.39 is 0 Å². The number of hydrogen-bond acceptors (Lipinski definition) is 1. The van der Waals surface area contributed by atoms with Gasteiger partial charge in [-0.1, -0.05) is 37.6 Å². The Morgan fingerprint density at radius 1 is 1.44 bits per heavy atom. The van der Waals surface area contributed by atoms with Crippen molar-refractivity contribution in [3.05, 3.63) is 34.9 Å². The summed E-state index contributed by atoms with van der Waals surface area (Å²) in [5.41, 5.74) is 1.84. The first-order valence-electron chi connectivity index (χ1n) is 6.95. The molecule has 1 aliphatic rings. The van der Waals surface area contributed by atoms with Crippen LogP contribution >= 0.6 is 11.6 Å². The van der Waals surface area contributed by atoms with Gasteiger partial charge in [-0.3, -0.25) is 0 Å². The van der Waals surface area contributed by atoms with Crippen LogP contribution in [0.3, 0.4) is 0 Å². The van der Waals surface area contributed by atoms with Gasteiger partial charge in [-0.15, -0.1) is 0 Å². The van der Waals surface area contributed by atoms with Crippen molar-refractivity contribution in [2.75, 3.05) is 0 Å². The Morgan fingerprint density at radius 3 is 2.83 bits per heavy atom. The predicted molar refractivity (Wildman–Crippen MR) is 79.2 cm³/mol. The van der Waals surface area contributed by atoms with Crippen LogP contribution in [0.5, 0.6) is 0 Å². The maximum Gasteiger partial charge on any atom is 0.0408 e. The summed E-state index contributed by atoms with van der Waals surface area (Å²) in [6, 6.07) is 9.39. The summed E-state index contributed by atoms with van der Waals surface area (Å²) in [7, 11) is 0. The monoisotopic (exact) mass is 265 g/mol. The summed E-state index contributed by atoms with van der Waals surface area (Å²) in [4.78, 5) is 0. The van der Waals surface area contributed by atoms with Crippen molar-refractivity contribution in [3.63, 3.8) is 0 Å².